The molecule has 3 fully saturated rings. The van der Waals surface area contributed by atoms with Gasteiger partial charge in [-0.05, 0) is 48.9 Å². The van der Waals surface area contributed by atoms with Crippen LogP contribution in [0, 0.1) is 11.8 Å². The van der Waals surface area contributed by atoms with Gasteiger partial charge < -0.3 is 10.6 Å². The maximum absolute atomic E-state index is 5.67. The molecule has 0 unspecified atom stereocenters. The molecule has 14 heavy (non-hydrogen) atoms. The predicted molar refractivity (Wildman–Crippen MR) is 59.3 cm³/mol. The Labute approximate surface area is 84.7 Å². The molecule has 0 aromatic heterocycles. The Morgan fingerprint density at radius 3 is 2.14 bits per heavy atom. The van der Waals surface area contributed by atoms with Crippen LogP contribution in [0.2, 0.25) is 0 Å². The van der Waals surface area contributed by atoms with Crippen molar-refractivity contribution in [1.29, 1.82) is 0 Å². The third-order valence-corrected chi connectivity index (χ3v) is 3.55. The first-order valence-electron chi connectivity index (χ1n) is 5.42. The highest BCUT2D eigenvalue weighted by Crippen LogP contribution is 2.40. The zero-order valence-corrected chi connectivity index (χ0v) is 8.32. The molecule has 2 aliphatic heterocycles. The van der Waals surface area contributed by atoms with E-state index in [0.29, 0.717) is 0 Å². The summed E-state index contributed by atoms with van der Waals surface area (Å²) in [6.45, 7) is 2.50. The fourth-order valence-electron chi connectivity index (χ4n) is 2.77. The molecule has 0 amide bonds. The van der Waals surface area contributed by atoms with Crippen molar-refractivity contribution in [1.82, 2.24) is 0 Å². The number of nitrogens with two attached hydrogens (primary N) is 1. The molecule has 0 radical (unpaired) electrons. The van der Waals surface area contributed by atoms with E-state index in [4.69, 9.17) is 5.73 Å². The standard InChI is InChI=1S/C12H16N2/c13-11-1-3-12(4-2-11)14-7-9-5-10(6-9)8-14/h1-4,9-10H,5-8,13H2. The second-order valence-corrected chi connectivity index (χ2v) is 4.70. The van der Waals surface area contributed by atoms with Crippen LogP contribution in [0.4, 0.5) is 11.4 Å². The van der Waals surface area contributed by atoms with Gasteiger partial charge in [-0.1, -0.05) is 0 Å². The maximum atomic E-state index is 5.67. The van der Waals surface area contributed by atoms with Gasteiger partial charge >= 0.3 is 0 Å². The third kappa shape index (κ3) is 1.26. The zero-order chi connectivity index (χ0) is 9.54. The van der Waals surface area contributed by atoms with Gasteiger partial charge in [0.15, 0.2) is 0 Å². The SMILES string of the molecule is Nc1ccc(N2CC3CC(C3)C2)cc1. The Bertz CT molecular complexity index is 315. The highest BCUT2D eigenvalue weighted by atomic mass is 15.2. The number of piperidine rings is 2. The summed E-state index contributed by atoms with van der Waals surface area (Å²) in [7, 11) is 0. The van der Waals surface area contributed by atoms with Crippen molar-refractivity contribution >= 4 is 11.4 Å². The quantitative estimate of drug-likeness (QED) is 0.684. The summed E-state index contributed by atoms with van der Waals surface area (Å²) in [6.07, 6.45) is 2.93. The van der Waals surface area contributed by atoms with Crippen LogP contribution >= 0.6 is 0 Å². The molecule has 2 heteroatoms. The number of benzene rings is 1. The molecule has 74 valence electrons. The molecule has 0 atom stereocenters. The Morgan fingerprint density at radius 1 is 1.00 bits per heavy atom. The summed E-state index contributed by atoms with van der Waals surface area (Å²) >= 11 is 0. The number of hydrogen-bond donors (Lipinski definition) is 1. The summed E-state index contributed by atoms with van der Waals surface area (Å²) in [4.78, 5) is 2.50. The van der Waals surface area contributed by atoms with E-state index in [-0.39, 0.29) is 0 Å². The summed E-state index contributed by atoms with van der Waals surface area (Å²) in [6, 6.07) is 8.27. The number of rotatable bonds is 1. The van der Waals surface area contributed by atoms with Crippen LogP contribution in [-0.4, -0.2) is 13.1 Å². The molecule has 1 aliphatic carbocycles. The van der Waals surface area contributed by atoms with Crippen LogP contribution in [0.3, 0.4) is 0 Å². The molecule has 0 spiro atoms. The lowest BCUT2D eigenvalue weighted by Crippen LogP contribution is -2.48. The second-order valence-electron chi connectivity index (χ2n) is 4.70. The van der Waals surface area contributed by atoms with Gasteiger partial charge in [0, 0.05) is 24.5 Å². The number of fused-ring (bicyclic) bond motifs is 2. The van der Waals surface area contributed by atoms with E-state index < -0.39 is 0 Å². The van der Waals surface area contributed by atoms with Crippen LogP contribution in [0.25, 0.3) is 0 Å². The molecule has 1 aromatic rings. The number of nitrogen functional groups attached to an aromatic ring is 1. The van der Waals surface area contributed by atoms with Gasteiger partial charge in [0.1, 0.15) is 0 Å². The predicted octanol–water partition coefficient (Wildman–Crippen LogP) is 2.12. The molecule has 1 saturated carbocycles. The molecule has 2 bridgehead atoms. The monoisotopic (exact) mass is 188 g/mol. The van der Waals surface area contributed by atoms with Crippen molar-refractivity contribution < 1.29 is 0 Å². The number of anilines is 2. The lowest BCUT2D eigenvalue weighted by molar-refractivity contribution is 0.159. The van der Waals surface area contributed by atoms with Gasteiger partial charge in [-0.15, -0.1) is 0 Å². The fourth-order valence-corrected chi connectivity index (χ4v) is 2.77. The van der Waals surface area contributed by atoms with Crippen molar-refractivity contribution in [3.63, 3.8) is 0 Å². The Hall–Kier alpha value is -1.18. The molecule has 2 heterocycles. The Balaban J connectivity index is 1.79. The van der Waals surface area contributed by atoms with Gasteiger partial charge in [-0.2, -0.15) is 0 Å². The molecule has 2 nitrogen and oxygen atoms in total. The van der Waals surface area contributed by atoms with Crippen LogP contribution in [0.1, 0.15) is 12.8 Å². The zero-order valence-electron chi connectivity index (χ0n) is 8.32. The highest BCUT2D eigenvalue weighted by Gasteiger charge is 2.36. The Kier molecular flexibility index (Phi) is 1.69. The van der Waals surface area contributed by atoms with Crippen LogP contribution in [0.5, 0.6) is 0 Å². The van der Waals surface area contributed by atoms with Crippen molar-refractivity contribution in [3.05, 3.63) is 24.3 Å². The van der Waals surface area contributed by atoms with Crippen molar-refractivity contribution in [2.45, 2.75) is 12.8 Å². The fraction of sp³-hybridized carbons (Fsp3) is 0.500. The van der Waals surface area contributed by atoms with Gasteiger partial charge in [-0.3, -0.25) is 0 Å². The topological polar surface area (TPSA) is 29.3 Å². The van der Waals surface area contributed by atoms with Crippen molar-refractivity contribution in [2.24, 2.45) is 11.8 Å². The van der Waals surface area contributed by atoms with E-state index in [0.717, 1.165) is 17.5 Å². The normalized spacial score (nSPS) is 29.9. The lowest BCUT2D eigenvalue weighted by atomic mass is 9.71. The maximum Gasteiger partial charge on any atom is 0.0367 e. The molecule has 1 aromatic carbocycles. The number of nitrogens with zero attached hydrogens (tertiary/aromatic N) is 1. The molecular weight excluding hydrogens is 172 g/mol. The van der Waals surface area contributed by atoms with Gasteiger partial charge in [0.25, 0.3) is 0 Å². The average Bonchev–Trinajstić information content (AvgIpc) is 2.18. The number of hydrogen-bond acceptors (Lipinski definition) is 2. The van der Waals surface area contributed by atoms with E-state index >= 15 is 0 Å². The lowest BCUT2D eigenvalue weighted by Gasteiger charge is -2.48. The van der Waals surface area contributed by atoms with Crippen LogP contribution in [0.15, 0.2) is 24.3 Å². The molecule has 2 saturated heterocycles. The van der Waals surface area contributed by atoms with E-state index in [1.54, 1.807) is 0 Å². The molecule has 4 rings (SSSR count). The first-order valence-corrected chi connectivity index (χ1v) is 5.42. The van der Waals surface area contributed by atoms with E-state index in [2.05, 4.69) is 17.0 Å². The van der Waals surface area contributed by atoms with Crippen molar-refractivity contribution in [2.75, 3.05) is 23.7 Å². The molecule has 3 aliphatic rings. The van der Waals surface area contributed by atoms with Crippen LogP contribution < -0.4 is 10.6 Å². The average molecular weight is 188 g/mol. The van der Waals surface area contributed by atoms with Gasteiger partial charge in [-0.25, -0.2) is 0 Å². The van der Waals surface area contributed by atoms with Gasteiger partial charge in [0.05, 0.1) is 0 Å². The molecule has 2 N–H and O–H groups in total. The minimum Gasteiger partial charge on any atom is -0.399 e. The second kappa shape index (κ2) is 2.91. The van der Waals surface area contributed by atoms with Crippen LogP contribution in [-0.2, 0) is 0 Å². The third-order valence-electron chi connectivity index (χ3n) is 3.55. The minimum absolute atomic E-state index is 0.857. The van der Waals surface area contributed by atoms with Gasteiger partial charge in [0.2, 0.25) is 0 Å². The van der Waals surface area contributed by atoms with E-state index in [1.165, 1.54) is 31.6 Å². The summed E-state index contributed by atoms with van der Waals surface area (Å²) in [5, 5.41) is 0. The smallest absolute Gasteiger partial charge is 0.0367 e. The van der Waals surface area contributed by atoms with E-state index in [1.807, 2.05) is 12.1 Å². The first kappa shape index (κ1) is 8.16. The molecular formula is C12H16N2. The summed E-state index contributed by atoms with van der Waals surface area (Å²) in [5.41, 5.74) is 7.87. The summed E-state index contributed by atoms with van der Waals surface area (Å²) < 4.78 is 0. The summed E-state index contributed by atoms with van der Waals surface area (Å²) in [5.74, 6) is 1.93. The largest absolute Gasteiger partial charge is 0.399 e. The van der Waals surface area contributed by atoms with Crippen molar-refractivity contribution in [3.8, 4) is 0 Å². The van der Waals surface area contributed by atoms with E-state index in [9.17, 15) is 0 Å². The Morgan fingerprint density at radius 2 is 1.57 bits per heavy atom. The first-order chi connectivity index (χ1) is 6.81. The minimum atomic E-state index is 0.857. The highest BCUT2D eigenvalue weighted by molar-refractivity contribution is 5.53.